The fraction of sp³-hybridized carbons (Fsp3) is 0.615. The molecule has 1 amide bonds. The summed E-state index contributed by atoms with van der Waals surface area (Å²) >= 11 is 1.26. The number of ketones is 1. The maximum absolute atomic E-state index is 11.6. The molecule has 2 N–H and O–H groups in total. The number of carbonyl (C=O) groups is 2. The van der Waals surface area contributed by atoms with Gasteiger partial charge >= 0.3 is 0 Å². The van der Waals surface area contributed by atoms with Gasteiger partial charge in [-0.3, -0.25) is 9.59 Å². The van der Waals surface area contributed by atoms with Gasteiger partial charge in [0.05, 0.1) is 11.3 Å². The molecule has 0 unspecified atom stereocenters. The van der Waals surface area contributed by atoms with E-state index in [1.807, 2.05) is 27.7 Å². The Morgan fingerprint density at radius 1 is 1.32 bits per heavy atom. The molecular formula is C13H21N3O2S. The minimum absolute atomic E-state index is 0.00658. The van der Waals surface area contributed by atoms with Gasteiger partial charge in [0.15, 0.2) is 5.78 Å². The van der Waals surface area contributed by atoms with Gasteiger partial charge in [0.1, 0.15) is 5.00 Å². The lowest BCUT2D eigenvalue weighted by Gasteiger charge is -2.20. The predicted molar refractivity (Wildman–Crippen MR) is 77.9 cm³/mol. The zero-order valence-electron chi connectivity index (χ0n) is 12.1. The van der Waals surface area contributed by atoms with Crippen LogP contribution in [0.4, 0.5) is 5.00 Å². The topological polar surface area (TPSA) is 71.1 Å². The summed E-state index contributed by atoms with van der Waals surface area (Å²) in [6.45, 7) is 9.65. The number of Topliss-reactive ketones (excluding diaryl/α,β-unsaturated/α-hetero) is 1. The van der Waals surface area contributed by atoms with Crippen molar-refractivity contribution >= 4 is 28.2 Å². The third-order valence-electron chi connectivity index (χ3n) is 2.37. The van der Waals surface area contributed by atoms with Gasteiger partial charge in [0, 0.05) is 18.5 Å². The van der Waals surface area contributed by atoms with Crippen molar-refractivity contribution in [3.63, 3.8) is 0 Å². The summed E-state index contributed by atoms with van der Waals surface area (Å²) < 4.78 is 4.15. The van der Waals surface area contributed by atoms with Crippen LogP contribution in [0.2, 0.25) is 0 Å². The van der Waals surface area contributed by atoms with Crippen LogP contribution in [-0.2, 0) is 4.79 Å². The Morgan fingerprint density at radius 2 is 1.95 bits per heavy atom. The lowest BCUT2D eigenvalue weighted by Crippen LogP contribution is -2.41. The van der Waals surface area contributed by atoms with Crippen LogP contribution in [0.5, 0.6) is 0 Å². The van der Waals surface area contributed by atoms with Crippen molar-refractivity contribution in [1.29, 1.82) is 0 Å². The summed E-state index contributed by atoms with van der Waals surface area (Å²) in [4.78, 5) is 23.1. The second-order valence-corrected chi connectivity index (χ2v) is 6.28. The van der Waals surface area contributed by atoms with Crippen LogP contribution < -0.4 is 10.6 Å². The molecule has 0 aliphatic heterocycles. The van der Waals surface area contributed by atoms with E-state index >= 15 is 0 Å². The minimum atomic E-state index is -0.220. The first-order valence-electron chi connectivity index (χ1n) is 6.23. The molecule has 1 rings (SSSR count). The Labute approximate surface area is 118 Å². The number of nitrogens with zero attached hydrogens (tertiary/aromatic N) is 1. The van der Waals surface area contributed by atoms with E-state index in [9.17, 15) is 9.59 Å². The molecule has 0 radical (unpaired) electrons. The smallest absolute Gasteiger partial charge is 0.222 e. The molecule has 0 saturated heterocycles. The maximum atomic E-state index is 11.6. The normalized spacial score (nSPS) is 11.2. The molecule has 0 aliphatic carbocycles. The van der Waals surface area contributed by atoms with E-state index in [-0.39, 0.29) is 17.2 Å². The molecule has 1 aromatic heterocycles. The van der Waals surface area contributed by atoms with Crippen molar-refractivity contribution in [1.82, 2.24) is 9.69 Å². The first kappa shape index (κ1) is 15.6. The van der Waals surface area contributed by atoms with E-state index in [1.54, 1.807) is 0 Å². The molecule has 0 aromatic carbocycles. The van der Waals surface area contributed by atoms with Gasteiger partial charge in [-0.15, -0.1) is 0 Å². The van der Waals surface area contributed by atoms with E-state index in [4.69, 9.17) is 0 Å². The summed E-state index contributed by atoms with van der Waals surface area (Å²) in [6.07, 6.45) is 0.367. The Kier molecular flexibility index (Phi) is 5.05. The van der Waals surface area contributed by atoms with Gasteiger partial charge < -0.3 is 10.6 Å². The molecule has 0 atom stereocenters. The van der Waals surface area contributed by atoms with Crippen molar-refractivity contribution in [3.05, 3.63) is 11.3 Å². The highest BCUT2D eigenvalue weighted by atomic mass is 32.1. The largest absolute Gasteiger partial charge is 0.375 e. The van der Waals surface area contributed by atoms with Crippen molar-refractivity contribution < 1.29 is 9.59 Å². The highest BCUT2D eigenvalue weighted by Crippen LogP contribution is 2.24. The van der Waals surface area contributed by atoms with Gasteiger partial charge in [-0.05, 0) is 46.2 Å². The molecule has 0 aliphatic rings. The van der Waals surface area contributed by atoms with E-state index in [0.717, 1.165) is 10.7 Å². The standard InChI is InChI=1S/C13H21N3O2S/c1-8-11(9(2)17)12(19-16-8)14-7-6-10(18)15-13(3,4)5/h14H,6-7H2,1-5H3,(H,15,18). The highest BCUT2D eigenvalue weighted by Gasteiger charge is 2.16. The van der Waals surface area contributed by atoms with Gasteiger partial charge in [0.2, 0.25) is 5.91 Å². The van der Waals surface area contributed by atoms with Gasteiger partial charge in [-0.25, -0.2) is 0 Å². The summed E-state index contributed by atoms with van der Waals surface area (Å²) in [5.74, 6) is -0.0153. The van der Waals surface area contributed by atoms with Crippen molar-refractivity contribution in [2.75, 3.05) is 11.9 Å². The average Bonchev–Trinajstić information content (AvgIpc) is 2.57. The second kappa shape index (κ2) is 6.14. The first-order valence-corrected chi connectivity index (χ1v) is 7.00. The van der Waals surface area contributed by atoms with Crippen molar-refractivity contribution in [2.45, 2.75) is 46.6 Å². The van der Waals surface area contributed by atoms with E-state index < -0.39 is 0 Å². The summed E-state index contributed by atoms with van der Waals surface area (Å²) in [7, 11) is 0. The quantitative estimate of drug-likeness (QED) is 0.814. The van der Waals surface area contributed by atoms with Crippen LogP contribution in [0.3, 0.4) is 0 Å². The fourth-order valence-corrected chi connectivity index (χ4v) is 2.54. The minimum Gasteiger partial charge on any atom is -0.375 e. The molecule has 106 valence electrons. The number of carbonyl (C=O) groups excluding carboxylic acids is 2. The molecule has 5 nitrogen and oxygen atoms in total. The molecule has 0 spiro atoms. The maximum Gasteiger partial charge on any atom is 0.222 e. The molecule has 0 fully saturated rings. The van der Waals surface area contributed by atoms with Crippen molar-refractivity contribution in [3.8, 4) is 0 Å². The van der Waals surface area contributed by atoms with Crippen LogP contribution in [0, 0.1) is 6.92 Å². The number of nitrogens with one attached hydrogen (secondary N) is 2. The number of amides is 1. The zero-order valence-corrected chi connectivity index (χ0v) is 12.9. The van der Waals surface area contributed by atoms with Crippen molar-refractivity contribution in [2.24, 2.45) is 0 Å². The summed E-state index contributed by atoms with van der Waals surface area (Å²) in [6, 6.07) is 0. The molecule has 1 heterocycles. The van der Waals surface area contributed by atoms with Gasteiger partial charge in [-0.2, -0.15) is 4.37 Å². The predicted octanol–water partition coefficient (Wildman–Crippen LogP) is 2.37. The van der Waals surface area contributed by atoms with Crippen LogP contribution in [0.15, 0.2) is 0 Å². The number of aromatic nitrogens is 1. The number of anilines is 1. The second-order valence-electron chi connectivity index (χ2n) is 5.50. The molecular weight excluding hydrogens is 262 g/mol. The van der Waals surface area contributed by atoms with Crippen LogP contribution >= 0.6 is 11.5 Å². The van der Waals surface area contributed by atoms with E-state index in [2.05, 4.69) is 15.0 Å². The first-order chi connectivity index (χ1) is 8.70. The monoisotopic (exact) mass is 283 g/mol. The van der Waals surface area contributed by atoms with Gasteiger partial charge in [0.25, 0.3) is 0 Å². The Balaban J connectivity index is 2.50. The molecule has 19 heavy (non-hydrogen) atoms. The fourth-order valence-electron chi connectivity index (χ4n) is 1.68. The molecule has 6 heteroatoms. The van der Waals surface area contributed by atoms with E-state index in [0.29, 0.717) is 18.5 Å². The Bertz CT molecular complexity index is 475. The third-order valence-corrected chi connectivity index (χ3v) is 3.26. The molecule has 1 aromatic rings. The van der Waals surface area contributed by atoms with Gasteiger partial charge in [-0.1, -0.05) is 0 Å². The Hall–Kier alpha value is -1.43. The Morgan fingerprint density at radius 3 is 2.47 bits per heavy atom. The van der Waals surface area contributed by atoms with E-state index in [1.165, 1.54) is 18.5 Å². The number of hydrogen-bond donors (Lipinski definition) is 2. The zero-order chi connectivity index (χ0) is 14.6. The summed E-state index contributed by atoms with van der Waals surface area (Å²) in [5.41, 5.74) is 1.14. The van der Waals surface area contributed by atoms with Crippen LogP contribution in [-0.4, -0.2) is 28.1 Å². The number of hydrogen-bond acceptors (Lipinski definition) is 5. The lowest BCUT2D eigenvalue weighted by molar-refractivity contribution is -0.122. The highest BCUT2D eigenvalue weighted by molar-refractivity contribution is 7.10. The van der Waals surface area contributed by atoms with Crippen LogP contribution in [0.25, 0.3) is 0 Å². The summed E-state index contributed by atoms with van der Waals surface area (Å²) in [5, 5.41) is 6.74. The lowest BCUT2D eigenvalue weighted by atomic mass is 10.1. The SMILES string of the molecule is CC(=O)c1c(C)nsc1NCCC(=O)NC(C)(C)C. The number of aryl methyl sites for hydroxylation is 1. The number of rotatable bonds is 5. The molecule has 0 bridgehead atoms. The average molecular weight is 283 g/mol. The third kappa shape index (κ3) is 4.98. The molecule has 0 saturated carbocycles. The van der Waals surface area contributed by atoms with Crippen LogP contribution in [0.1, 0.15) is 50.2 Å².